The van der Waals surface area contributed by atoms with Crippen molar-refractivity contribution in [3.8, 4) is 0 Å². The molecular formula is C7H14NO7P. The Morgan fingerprint density at radius 1 is 1.38 bits per heavy atom. The molecule has 94 valence electrons. The number of carboxylic acids is 1. The van der Waals surface area contributed by atoms with E-state index in [9.17, 15) is 14.2 Å². The highest BCUT2D eigenvalue weighted by Gasteiger charge is 2.28. The lowest BCUT2D eigenvalue weighted by molar-refractivity contribution is -0.135. The summed E-state index contributed by atoms with van der Waals surface area (Å²) in [5, 5.41) is 9.89. The van der Waals surface area contributed by atoms with Crippen LogP contribution < -0.4 is 5.09 Å². The summed E-state index contributed by atoms with van der Waals surface area (Å²) in [5.41, 5.74) is -0.871. The first-order chi connectivity index (χ1) is 7.02. The average Bonchev–Trinajstić information content (AvgIpc) is 1.95. The van der Waals surface area contributed by atoms with Crippen molar-refractivity contribution >= 4 is 19.9 Å². The zero-order valence-electron chi connectivity index (χ0n) is 9.09. The van der Waals surface area contributed by atoms with Gasteiger partial charge in [0.2, 0.25) is 0 Å². The number of carboxylic acid groups (broad SMARTS) is 1. The van der Waals surface area contributed by atoms with E-state index in [2.05, 4.69) is 9.26 Å². The Balaban J connectivity index is 4.21. The first-order valence-electron chi connectivity index (χ1n) is 4.24. The summed E-state index contributed by atoms with van der Waals surface area (Å²) in [7, 11) is -4.49. The fraction of sp³-hybridized carbons (Fsp3) is 0.714. The quantitative estimate of drug-likeness (QED) is 0.496. The zero-order chi connectivity index (χ0) is 13.0. The van der Waals surface area contributed by atoms with Crippen LogP contribution in [-0.4, -0.2) is 34.3 Å². The van der Waals surface area contributed by atoms with E-state index in [1.165, 1.54) is 0 Å². The van der Waals surface area contributed by atoms with E-state index < -0.39 is 32.0 Å². The highest BCUT2D eigenvalue weighted by Crippen LogP contribution is 2.37. The molecule has 3 N–H and O–H groups in total. The standard InChI is InChI=1S/C7H14NO7P/c1-7(2,3)14-6(11)15-16(12,13)8-4-5(9)10/h4H2,1-3H3,(H,9,10)(H2,8,12,13). The topological polar surface area (TPSA) is 122 Å². The summed E-state index contributed by atoms with van der Waals surface area (Å²) in [6.07, 6.45) is -1.35. The maximum atomic E-state index is 11.1. The molecule has 0 amide bonds. The second-order valence-electron chi connectivity index (χ2n) is 3.80. The molecule has 0 aromatic heterocycles. The van der Waals surface area contributed by atoms with E-state index in [0.29, 0.717) is 0 Å². The first-order valence-corrected chi connectivity index (χ1v) is 5.82. The number of carbonyl (C=O) groups is 2. The van der Waals surface area contributed by atoms with Crippen LogP contribution >= 0.6 is 7.75 Å². The molecule has 1 unspecified atom stereocenters. The summed E-state index contributed by atoms with van der Waals surface area (Å²) in [6, 6.07) is 0. The summed E-state index contributed by atoms with van der Waals surface area (Å²) in [5.74, 6) is -1.36. The molecule has 0 bridgehead atoms. The third-order valence-electron chi connectivity index (χ3n) is 1.02. The van der Waals surface area contributed by atoms with Crippen molar-refractivity contribution < 1.29 is 33.4 Å². The van der Waals surface area contributed by atoms with Crippen LogP contribution in [0.4, 0.5) is 4.79 Å². The van der Waals surface area contributed by atoms with Crippen molar-refractivity contribution in [2.24, 2.45) is 0 Å². The minimum absolute atomic E-state index is 0.809. The smallest absolute Gasteiger partial charge is 0.480 e. The Kier molecular flexibility index (Phi) is 4.92. The van der Waals surface area contributed by atoms with Crippen LogP contribution in [0, 0.1) is 0 Å². The van der Waals surface area contributed by atoms with Gasteiger partial charge in [0, 0.05) is 0 Å². The normalized spacial score (nSPS) is 15.0. The fourth-order valence-electron chi connectivity index (χ4n) is 0.569. The highest BCUT2D eigenvalue weighted by atomic mass is 31.2. The number of hydrogen-bond donors (Lipinski definition) is 3. The van der Waals surface area contributed by atoms with Crippen LogP contribution in [0.5, 0.6) is 0 Å². The SMILES string of the molecule is CC(C)(C)OC(=O)OP(=O)(O)NCC(=O)O. The van der Waals surface area contributed by atoms with E-state index in [4.69, 9.17) is 10.00 Å². The molecule has 16 heavy (non-hydrogen) atoms. The molecule has 0 radical (unpaired) electrons. The van der Waals surface area contributed by atoms with Crippen molar-refractivity contribution in [1.29, 1.82) is 0 Å². The molecule has 0 aromatic carbocycles. The van der Waals surface area contributed by atoms with Crippen molar-refractivity contribution in [2.75, 3.05) is 6.54 Å². The second kappa shape index (κ2) is 5.29. The molecule has 0 saturated carbocycles. The molecule has 0 rings (SSSR count). The van der Waals surface area contributed by atoms with Crippen LogP contribution in [0.1, 0.15) is 20.8 Å². The summed E-state index contributed by atoms with van der Waals surface area (Å²) in [6.45, 7) is 3.82. The van der Waals surface area contributed by atoms with E-state index in [1.807, 2.05) is 0 Å². The van der Waals surface area contributed by atoms with Gasteiger partial charge in [-0.3, -0.25) is 4.79 Å². The molecule has 1 atom stereocenters. The van der Waals surface area contributed by atoms with Crippen LogP contribution in [0.15, 0.2) is 0 Å². The lowest BCUT2D eigenvalue weighted by Gasteiger charge is -2.20. The number of aliphatic carboxylic acids is 1. The molecule has 0 fully saturated rings. The summed E-state index contributed by atoms with van der Waals surface area (Å²) in [4.78, 5) is 30.0. The van der Waals surface area contributed by atoms with Crippen LogP contribution in [0.3, 0.4) is 0 Å². The van der Waals surface area contributed by atoms with Crippen molar-refractivity contribution in [3.63, 3.8) is 0 Å². The summed E-state index contributed by atoms with van der Waals surface area (Å²) < 4.78 is 19.7. The maximum absolute atomic E-state index is 11.1. The molecule has 0 aliphatic heterocycles. The molecular weight excluding hydrogens is 241 g/mol. The fourth-order valence-corrected chi connectivity index (χ4v) is 1.21. The largest absolute Gasteiger partial charge is 0.516 e. The Hall–Kier alpha value is -1.11. The molecule has 9 heteroatoms. The first kappa shape index (κ1) is 14.9. The van der Waals surface area contributed by atoms with Gasteiger partial charge in [0.1, 0.15) is 12.1 Å². The van der Waals surface area contributed by atoms with E-state index in [-0.39, 0.29) is 0 Å². The maximum Gasteiger partial charge on any atom is 0.516 e. The second-order valence-corrected chi connectivity index (χ2v) is 5.34. The Morgan fingerprint density at radius 2 is 1.88 bits per heavy atom. The molecule has 0 saturated heterocycles. The Bertz CT molecular complexity index is 321. The molecule has 0 aliphatic carbocycles. The lowest BCUT2D eigenvalue weighted by atomic mass is 10.2. The van der Waals surface area contributed by atoms with Crippen molar-refractivity contribution in [3.05, 3.63) is 0 Å². The summed E-state index contributed by atoms with van der Waals surface area (Å²) >= 11 is 0. The van der Waals surface area contributed by atoms with Gasteiger partial charge in [0.25, 0.3) is 0 Å². The average molecular weight is 255 g/mol. The van der Waals surface area contributed by atoms with Crippen molar-refractivity contribution in [1.82, 2.24) is 5.09 Å². The predicted molar refractivity (Wildman–Crippen MR) is 52.8 cm³/mol. The Morgan fingerprint density at radius 3 is 2.25 bits per heavy atom. The van der Waals surface area contributed by atoms with Crippen LogP contribution in [-0.2, 0) is 18.6 Å². The van der Waals surface area contributed by atoms with Gasteiger partial charge in [-0.25, -0.2) is 14.4 Å². The lowest BCUT2D eigenvalue weighted by Crippen LogP contribution is -2.27. The van der Waals surface area contributed by atoms with Crippen LogP contribution in [0.25, 0.3) is 0 Å². The van der Waals surface area contributed by atoms with Gasteiger partial charge in [0.05, 0.1) is 0 Å². The predicted octanol–water partition coefficient (Wildman–Crippen LogP) is 0.713. The molecule has 0 spiro atoms. The van der Waals surface area contributed by atoms with E-state index in [0.717, 1.165) is 0 Å². The van der Waals surface area contributed by atoms with Gasteiger partial charge in [-0.15, -0.1) is 0 Å². The number of ether oxygens (including phenoxy) is 1. The van der Waals surface area contributed by atoms with E-state index >= 15 is 0 Å². The third-order valence-corrected chi connectivity index (χ3v) is 1.97. The monoisotopic (exact) mass is 255 g/mol. The van der Waals surface area contributed by atoms with Gasteiger partial charge in [-0.1, -0.05) is 0 Å². The highest BCUT2D eigenvalue weighted by molar-refractivity contribution is 7.51. The van der Waals surface area contributed by atoms with Gasteiger partial charge >= 0.3 is 19.9 Å². The van der Waals surface area contributed by atoms with Crippen LogP contribution in [0.2, 0.25) is 0 Å². The third kappa shape index (κ3) is 8.22. The number of hydrogen-bond acceptors (Lipinski definition) is 5. The van der Waals surface area contributed by atoms with Crippen molar-refractivity contribution in [2.45, 2.75) is 26.4 Å². The zero-order valence-corrected chi connectivity index (χ0v) is 9.98. The molecule has 0 aromatic rings. The van der Waals surface area contributed by atoms with Gasteiger partial charge in [-0.05, 0) is 20.8 Å². The minimum Gasteiger partial charge on any atom is -0.480 e. The molecule has 0 aliphatic rings. The number of nitrogens with one attached hydrogen (secondary N) is 1. The number of carbonyl (C=O) groups excluding carboxylic acids is 1. The Labute approximate surface area is 92.1 Å². The molecule has 8 nitrogen and oxygen atoms in total. The van der Waals surface area contributed by atoms with Gasteiger partial charge < -0.3 is 19.3 Å². The van der Waals surface area contributed by atoms with E-state index in [1.54, 1.807) is 25.9 Å². The number of rotatable bonds is 4. The van der Waals surface area contributed by atoms with Gasteiger partial charge in [0.15, 0.2) is 0 Å². The molecule has 0 heterocycles. The minimum atomic E-state index is -4.49. The van der Waals surface area contributed by atoms with Gasteiger partial charge in [-0.2, -0.15) is 0 Å².